The minimum atomic E-state index is -0.433. The number of esters is 1. The van der Waals surface area contributed by atoms with Gasteiger partial charge in [0.25, 0.3) is 5.91 Å². The van der Waals surface area contributed by atoms with Gasteiger partial charge >= 0.3 is 5.97 Å². The molecule has 3 rings (SSSR count). The zero-order valence-corrected chi connectivity index (χ0v) is 15.8. The zero-order chi connectivity index (χ0) is 19.8. The molecule has 1 N–H and O–H groups in total. The molecular weight excluding hydrogens is 360 g/mol. The van der Waals surface area contributed by atoms with E-state index >= 15 is 0 Å². The van der Waals surface area contributed by atoms with Crippen molar-refractivity contribution in [1.82, 2.24) is 0 Å². The molecule has 2 aromatic carbocycles. The second kappa shape index (κ2) is 9.75. The van der Waals surface area contributed by atoms with Gasteiger partial charge in [0.2, 0.25) is 0 Å². The average Bonchev–Trinajstić information content (AvgIpc) is 2.73. The van der Waals surface area contributed by atoms with Crippen molar-refractivity contribution in [2.24, 2.45) is 0 Å². The third kappa shape index (κ3) is 5.47. The predicted molar refractivity (Wildman–Crippen MR) is 106 cm³/mol. The second-order valence-corrected chi connectivity index (χ2v) is 6.22. The SMILES string of the molecule is CCOC(=O)COc1cccc(NC(=O)c2ccc(N3CCOCC3)cc2)c1. The standard InChI is InChI=1S/C21H24N2O5/c1-2-27-20(24)15-28-19-5-3-4-17(14-19)22-21(25)16-6-8-18(9-7-16)23-10-12-26-13-11-23/h3-9,14H,2,10-13,15H2,1H3,(H,22,25). The lowest BCUT2D eigenvalue weighted by Gasteiger charge is -2.28. The number of carbonyl (C=O) groups is 2. The number of morpholine rings is 1. The Morgan fingerprint density at radius 1 is 1.11 bits per heavy atom. The van der Waals surface area contributed by atoms with E-state index in [1.54, 1.807) is 43.3 Å². The third-order valence-electron chi connectivity index (χ3n) is 4.26. The van der Waals surface area contributed by atoms with E-state index in [1.807, 2.05) is 12.1 Å². The number of anilines is 2. The van der Waals surface area contributed by atoms with Crippen LogP contribution in [-0.2, 0) is 14.3 Å². The van der Waals surface area contributed by atoms with Gasteiger partial charge in [0.1, 0.15) is 5.75 Å². The predicted octanol–water partition coefficient (Wildman–Crippen LogP) is 2.72. The van der Waals surface area contributed by atoms with Crippen LogP contribution in [0.5, 0.6) is 5.75 Å². The van der Waals surface area contributed by atoms with Crippen molar-refractivity contribution < 1.29 is 23.8 Å². The fourth-order valence-corrected chi connectivity index (χ4v) is 2.86. The quantitative estimate of drug-likeness (QED) is 0.740. The first-order chi connectivity index (χ1) is 13.7. The molecule has 0 bridgehead atoms. The van der Waals surface area contributed by atoms with Crippen LogP contribution in [0.2, 0.25) is 0 Å². The number of carbonyl (C=O) groups excluding carboxylic acids is 2. The van der Waals surface area contributed by atoms with Gasteiger partial charge in [-0.1, -0.05) is 6.07 Å². The Hall–Kier alpha value is -3.06. The van der Waals surface area contributed by atoms with Gasteiger partial charge < -0.3 is 24.4 Å². The maximum Gasteiger partial charge on any atom is 0.344 e. The van der Waals surface area contributed by atoms with Crippen molar-refractivity contribution >= 4 is 23.3 Å². The summed E-state index contributed by atoms with van der Waals surface area (Å²) in [5, 5.41) is 2.84. The second-order valence-electron chi connectivity index (χ2n) is 6.22. The van der Waals surface area contributed by atoms with Crippen molar-refractivity contribution in [1.29, 1.82) is 0 Å². The maximum absolute atomic E-state index is 12.5. The highest BCUT2D eigenvalue weighted by Gasteiger charge is 2.12. The average molecular weight is 384 g/mol. The van der Waals surface area contributed by atoms with Crippen LogP contribution in [0, 0.1) is 0 Å². The summed E-state index contributed by atoms with van der Waals surface area (Å²) >= 11 is 0. The monoisotopic (exact) mass is 384 g/mol. The molecule has 0 atom stereocenters. The molecule has 1 amide bonds. The number of hydrogen-bond acceptors (Lipinski definition) is 6. The first kappa shape index (κ1) is 19.7. The van der Waals surface area contributed by atoms with Crippen LogP contribution >= 0.6 is 0 Å². The Morgan fingerprint density at radius 3 is 2.57 bits per heavy atom. The largest absolute Gasteiger partial charge is 0.482 e. The van der Waals surface area contributed by atoms with Crippen molar-refractivity contribution in [2.75, 3.05) is 49.7 Å². The summed E-state index contributed by atoms with van der Waals surface area (Å²) in [6.07, 6.45) is 0. The molecule has 28 heavy (non-hydrogen) atoms. The van der Waals surface area contributed by atoms with Crippen LogP contribution in [0.1, 0.15) is 17.3 Å². The van der Waals surface area contributed by atoms with E-state index in [-0.39, 0.29) is 12.5 Å². The number of hydrogen-bond donors (Lipinski definition) is 1. The summed E-state index contributed by atoms with van der Waals surface area (Å²) < 4.78 is 15.6. The minimum Gasteiger partial charge on any atom is -0.482 e. The summed E-state index contributed by atoms with van der Waals surface area (Å²) in [6.45, 7) is 5.01. The van der Waals surface area contributed by atoms with E-state index in [0.717, 1.165) is 32.0 Å². The van der Waals surface area contributed by atoms with Crippen LogP contribution in [0.25, 0.3) is 0 Å². The van der Waals surface area contributed by atoms with Crippen molar-refractivity contribution in [3.05, 3.63) is 54.1 Å². The Morgan fingerprint density at radius 2 is 1.86 bits per heavy atom. The van der Waals surface area contributed by atoms with E-state index in [2.05, 4.69) is 10.2 Å². The number of benzene rings is 2. The molecule has 1 heterocycles. The highest BCUT2D eigenvalue weighted by atomic mass is 16.6. The Labute approximate surface area is 164 Å². The van der Waals surface area contributed by atoms with Crippen molar-refractivity contribution in [2.45, 2.75) is 6.92 Å². The van der Waals surface area contributed by atoms with Gasteiger partial charge in [-0.25, -0.2) is 4.79 Å². The van der Waals surface area contributed by atoms with E-state index in [9.17, 15) is 9.59 Å². The number of rotatable bonds is 7. The van der Waals surface area contributed by atoms with Crippen LogP contribution in [-0.4, -0.2) is 51.4 Å². The van der Waals surface area contributed by atoms with Gasteiger partial charge in [0, 0.05) is 36.1 Å². The van der Waals surface area contributed by atoms with E-state index < -0.39 is 5.97 Å². The topological polar surface area (TPSA) is 77.1 Å². The fraction of sp³-hybridized carbons (Fsp3) is 0.333. The molecule has 0 aliphatic carbocycles. The molecule has 7 nitrogen and oxygen atoms in total. The molecular formula is C21H24N2O5. The lowest BCUT2D eigenvalue weighted by atomic mass is 10.1. The number of ether oxygens (including phenoxy) is 3. The first-order valence-electron chi connectivity index (χ1n) is 9.28. The van der Waals surface area contributed by atoms with E-state index in [1.165, 1.54) is 0 Å². The normalized spacial score (nSPS) is 13.7. The smallest absolute Gasteiger partial charge is 0.344 e. The van der Waals surface area contributed by atoms with Crippen molar-refractivity contribution in [3.63, 3.8) is 0 Å². The summed E-state index contributed by atoms with van der Waals surface area (Å²) in [5.41, 5.74) is 2.23. The van der Waals surface area contributed by atoms with Gasteiger partial charge in [-0.2, -0.15) is 0 Å². The molecule has 0 unspecified atom stereocenters. The van der Waals surface area contributed by atoms with Gasteiger partial charge in [-0.3, -0.25) is 4.79 Å². The lowest BCUT2D eigenvalue weighted by molar-refractivity contribution is -0.145. The maximum atomic E-state index is 12.5. The van der Waals surface area contributed by atoms with Gasteiger partial charge in [0.15, 0.2) is 6.61 Å². The summed E-state index contributed by atoms with van der Waals surface area (Å²) in [4.78, 5) is 26.1. The van der Waals surface area contributed by atoms with Gasteiger partial charge in [-0.15, -0.1) is 0 Å². The molecule has 2 aromatic rings. The Kier molecular flexibility index (Phi) is 6.86. The molecule has 0 spiro atoms. The highest BCUT2D eigenvalue weighted by Crippen LogP contribution is 2.20. The Balaban J connectivity index is 1.58. The van der Waals surface area contributed by atoms with E-state index in [4.69, 9.17) is 14.2 Å². The molecule has 1 aliphatic rings. The van der Waals surface area contributed by atoms with Crippen LogP contribution in [0.4, 0.5) is 11.4 Å². The number of nitrogens with one attached hydrogen (secondary N) is 1. The summed E-state index contributed by atoms with van der Waals surface area (Å²) in [6, 6.07) is 14.4. The van der Waals surface area contributed by atoms with Gasteiger partial charge in [0.05, 0.1) is 19.8 Å². The van der Waals surface area contributed by atoms with Crippen molar-refractivity contribution in [3.8, 4) is 5.75 Å². The van der Waals surface area contributed by atoms with Crippen LogP contribution in [0.3, 0.4) is 0 Å². The Bertz CT molecular complexity index is 801. The number of nitrogens with zero attached hydrogens (tertiary/aromatic N) is 1. The molecule has 0 aromatic heterocycles. The highest BCUT2D eigenvalue weighted by molar-refractivity contribution is 6.04. The first-order valence-corrected chi connectivity index (χ1v) is 9.28. The summed E-state index contributed by atoms with van der Waals surface area (Å²) in [5.74, 6) is -0.165. The molecule has 1 saturated heterocycles. The molecule has 0 radical (unpaired) electrons. The molecule has 0 saturated carbocycles. The van der Waals surface area contributed by atoms with E-state index in [0.29, 0.717) is 23.6 Å². The third-order valence-corrected chi connectivity index (χ3v) is 4.26. The van der Waals surface area contributed by atoms with Crippen LogP contribution in [0.15, 0.2) is 48.5 Å². The van der Waals surface area contributed by atoms with Gasteiger partial charge in [-0.05, 0) is 43.3 Å². The fourth-order valence-electron chi connectivity index (χ4n) is 2.86. The molecule has 1 aliphatic heterocycles. The number of amides is 1. The summed E-state index contributed by atoms with van der Waals surface area (Å²) in [7, 11) is 0. The molecule has 148 valence electrons. The van der Waals surface area contributed by atoms with Crippen LogP contribution < -0.4 is 15.0 Å². The molecule has 7 heteroatoms. The lowest BCUT2D eigenvalue weighted by Crippen LogP contribution is -2.36. The molecule has 1 fully saturated rings. The zero-order valence-electron chi connectivity index (χ0n) is 15.8. The minimum absolute atomic E-state index is 0.172.